The van der Waals surface area contributed by atoms with E-state index in [1.165, 1.54) is 12.1 Å². The van der Waals surface area contributed by atoms with Crippen LogP contribution < -0.4 is 0 Å². The first-order chi connectivity index (χ1) is 11.9. The molecule has 25 heavy (non-hydrogen) atoms. The Morgan fingerprint density at radius 2 is 1.72 bits per heavy atom. The van der Waals surface area contributed by atoms with E-state index in [1.807, 2.05) is 31.2 Å². The molecule has 0 aliphatic rings. The average Bonchev–Trinajstić information content (AvgIpc) is 2.96. The summed E-state index contributed by atoms with van der Waals surface area (Å²) in [6, 6.07) is 13.9. The Bertz CT molecular complexity index is 927. The van der Waals surface area contributed by atoms with Gasteiger partial charge in [-0.15, -0.1) is 0 Å². The molecule has 1 aromatic heterocycles. The number of oxazole rings is 1. The Morgan fingerprint density at radius 1 is 1.08 bits per heavy atom. The van der Waals surface area contributed by atoms with Gasteiger partial charge in [0.05, 0.1) is 27.8 Å². The van der Waals surface area contributed by atoms with Crippen LogP contribution in [0.1, 0.15) is 27.4 Å². The molecule has 6 heteroatoms. The van der Waals surface area contributed by atoms with Crippen LogP contribution in [0, 0.1) is 13.8 Å². The van der Waals surface area contributed by atoms with Gasteiger partial charge in [-0.2, -0.15) is 0 Å². The molecular weight excluding hydrogens is 338 g/mol. The Morgan fingerprint density at radius 3 is 2.32 bits per heavy atom. The van der Waals surface area contributed by atoms with Gasteiger partial charge < -0.3 is 9.52 Å². The van der Waals surface area contributed by atoms with Gasteiger partial charge in [-0.1, -0.05) is 17.7 Å². The highest BCUT2D eigenvalue weighted by molar-refractivity contribution is 7.84. The van der Waals surface area contributed by atoms with Gasteiger partial charge in [0.1, 0.15) is 5.76 Å². The summed E-state index contributed by atoms with van der Waals surface area (Å²) >= 11 is 0. The van der Waals surface area contributed by atoms with E-state index >= 15 is 0 Å². The van der Waals surface area contributed by atoms with Crippen molar-refractivity contribution in [2.24, 2.45) is 0 Å². The average molecular weight is 355 g/mol. The van der Waals surface area contributed by atoms with Crippen molar-refractivity contribution in [2.45, 2.75) is 24.5 Å². The Kier molecular flexibility index (Phi) is 4.81. The van der Waals surface area contributed by atoms with Crippen LogP contribution in [0.15, 0.2) is 57.8 Å². The minimum Gasteiger partial charge on any atom is -0.478 e. The van der Waals surface area contributed by atoms with Crippen LogP contribution in [0.3, 0.4) is 0 Å². The number of carboxylic acids is 1. The summed E-state index contributed by atoms with van der Waals surface area (Å²) in [6.07, 6.45) is 0. The molecule has 1 atom stereocenters. The first kappa shape index (κ1) is 17.1. The Hall–Kier alpha value is -2.73. The van der Waals surface area contributed by atoms with Crippen molar-refractivity contribution < 1.29 is 18.5 Å². The first-order valence-electron chi connectivity index (χ1n) is 7.69. The quantitative estimate of drug-likeness (QED) is 0.749. The number of rotatable bonds is 5. The van der Waals surface area contributed by atoms with Gasteiger partial charge in [0, 0.05) is 10.5 Å². The van der Waals surface area contributed by atoms with Crippen molar-refractivity contribution in [1.82, 2.24) is 4.98 Å². The van der Waals surface area contributed by atoms with Gasteiger partial charge in [-0.05, 0) is 50.2 Å². The molecule has 128 valence electrons. The molecule has 0 spiro atoms. The van der Waals surface area contributed by atoms with Crippen LogP contribution in [-0.4, -0.2) is 20.3 Å². The zero-order valence-corrected chi connectivity index (χ0v) is 14.7. The second-order valence-corrected chi connectivity index (χ2v) is 7.16. The highest BCUT2D eigenvalue weighted by Crippen LogP contribution is 2.24. The van der Waals surface area contributed by atoms with Gasteiger partial charge in [0.2, 0.25) is 5.89 Å². The van der Waals surface area contributed by atoms with E-state index in [4.69, 9.17) is 9.52 Å². The SMILES string of the molecule is Cc1ccc(S(=O)Cc2nc(-c3ccc(C(=O)O)cc3)oc2C)cc1. The van der Waals surface area contributed by atoms with E-state index in [9.17, 15) is 9.00 Å². The molecule has 0 saturated carbocycles. The number of nitrogens with zero attached hydrogens (tertiary/aromatic N) is 1. The molecule has 3 aromatic rings. The zero-order valence-electron chi connectivity index (χ0n) is 13.9. The van der Waals surface area contributed by atoms with Crippen molar-refractivity contribution in [3.05, 3.63) is 71.1 Å². The summed E-state index contributed by atoms with van der Waals surface area (Å²) in [5.74, 6) is 0.290. The third-order valence-corrected chi connectivity index (χ3v) is 5.16. The third kappa shape index (κ3) is 3.85. The lowest BCUT2D eigenvalue weighted by Gasteiger charge is -2.01. The van der Waals surface area contributed by atoms with Crippen LogP contribution in [0.25, 0.3) is 11.5 Å². The van der Waals surface area contributed by atoms with Gasteiger partial charge in [0.25, 0.3) is 0 Å². The van der Waals surface area contributed by atoms with Gasteiger partial charge in [-0.25, -0.2) is 9.78 Å². The van der Waals surface area contributed by atoms with Crippen LogP contribution in [0.5, 0.6) is 0 Å². The standard InChI is InChI=1S/C19H17NO4S/c1-12-3-9-16(10-4-12)25(23)11-17-13(2)24-18(20-17)14-5-7-15(8-6-14)19(21)22/h3-10H,11H2,1-2H3,(H,21,22). The van der Waals surface area contributed by atoms with E-state index in [0.717, 1.165) is 10.5 Å². The number of aromatic nitrogens is 1. The number of aromatic carboxylic acids is 1. The van der Waals surface area contributed by atoms with Gasteiger partial charge >= 0.3 is 5.97 Å². The monoisotopic (exact) mass is 355 g/mol. The number of hydrogen-bond donors (Lipinski definition) is 1. The van der Waals surface area contributed by atoms with Crippen molar-refractivity contribution in [1.29, 1.82) is 0 Å². The van der Waals surface area contributed by atoms with E-state index in [0.29, 0.717) is 22.9 Å². The molecule has 1 unspecified atom stereocenters. The topological polar surface area (TPSA) is 80.4 Å². The smallest absolute Gasteiger partial charge is 0.335 e. The second-order valence-electron chi connectivity index (χ2n) is 5.71. The molecule has 0 amide bonds. The number of benzene rings is 2. The van der Waals surface area contributed by atoms with Crippen LogP contribution in [-0.2, 0) is 16.6 Å². The fourth-order valence-electron chi connectivity index (χ4n) is 2.34. The fourth-order valence-corrected chi connectivity index (χ4v) is 3.46. The first-order valence-corrected chi connectivity index (χ1v) is 9.01. The summed E-state index contributed by atoms with van der Waals surface area (Å²) in [5, 5.41) is 8.95. The maximum atomic E-state index is 12.5. The Labute approximate surface area is 147 Å². The van der Waals surface area contributed by atoms with Gasteiger partial charge in [0.15, 0.2) is 0 Å². The lowest BCUT2D eigenvalue weighted by Crippen LogP contribution is -1.98. The minimum atomic E-state index is -1.21. The highest BCUT2D eigenvalue weighted by Gasteiger charge is 2.15. The predicted octanol–water partition coefficient (Wildman–Crippen LogP) is 3.96. The number of hydrogen-bond acceptors (Lipinski definition) is 4. The molecule has 0 fully saturated rings. The van der Waals surface area contributed by atoms with Crippen molar-refractivity contribution >= 4 is 16.8 Å². The molecule has 0 saturated heterocycles. The second kappa shape index (κ2) is 7.03. The lowest BCUT2D eigenvalue weighted by atomic mass is 10.1. The number of aryl methyl sites for hydroxylation is 2. The molecule has 1 heterocycles. The summed E-state index contributed by atoms with van der Waals surface area (Å²) in [5.41, 5.74) is 2.63. The Balaban J connectivity index is 1.81. The molecule has 0 aliphatic heterocycles. The van der Waals surface area contributed by atoms with Gasteiger partial charge in [-0.3, -0.25) is 4.21 Å². The highest BCUT2D eigenvalue weighted by atomic mass is 32.2. The summed E-state index contributed by atoms with van der Waals surface area (Å²) < 4.78 is 18.2. The summed E-state index contributed by atoms with van der Waals surface area (Å²) in [6.45, 7) is 3.76. The van der Waals surface area contributed by atoms with Crippen molar-refractivity contribution in [2.75, 3.05) is 0 Å². The molecule has 2 aromatic carbocycles. The van der Waals surface area contributed by atoms with E-state index in [1.54, 1.807) is 19.1 Å². The minimum absolute atomic E-state index is 0.202. The molecule has 5 nitrogen and oxygen atoms in total. The lowest BCUT2D eigenvalue weighted by molar-refractivity contribution is 0.0697. The van der Waals surface area contributed by atoms with E-state index < -0.39 is 16.8 Å². The van der Waals surface area contributed by atoms with E-state index in [2.05, 4.69) is 4.98 Å². The fraction of sp³-hybridized carbons (Fsp3) is 0.158. The third-order valence-electron chi connectivity index (χ3n) is 3.82. The van der Waals surface area contributed by atoms with Crippen molar-refractivity contribution in [3.8, 4) is 11.5 Å². The molecule has 3 rings (SSSR count). The van der Waals surface area contributed by atoms with Crippen LogP contribution in [0.2, 0.25) is 0 Å². The van der Waals surface area contributed by atoms with Crippen LogP contribution in [0.4, 0.5) is 0 Å². The normalized spacial score (nSPS) is 12.1. The number of carboxylic acid groups (broad SMARTS) is 1. The molecular formula is C19H17NO4S. The number of carbonyl (C=O) groups is 1. The molecule has 0 radical (unpaired) electrons. The molecule has 1 N–H and O–H groups in total. The maximum absolute atomic E-state index is 12.5. The van der Waals surface area contributed by atoms with Crippen molar-refractivity contribution in [3.63, 3.8) is 0 Å². The maximum Gasteiger partial charge on any atom is 0.335 e. The summed E-state index contributed by atoms with van der Waals surface area (Å²) in [4.78, 5) is 16.1. The zero-order chi connectivity index (χ0) is 18.0. The molecule has 0 bridgehead atoms. The van der Waals surface area contributed by atoms with Crippen LogP contribution >= 0.6 is 0 Å². The largest absolute Gasteiger partial charge is 0.478 e. The predicted molar refractivity (Wildman–Crippen MR) is 94.9 cm³/mol. The summed E-state index contributed by atoms with van der Waals surface area (Å²) in [7, 11) is -1.21. The van der Waals surface area contributed by atoms with E-state index in [-0.39, 0.29) is 11.3 Å². The molecule has 0 aliphatic carbocycles.